The highest BCUT2D eigenvalue weighted by atomic mass is 32.1. The van der Waals surface area contributed by atoms with E-state index in [2.05, 4.69) is 22.3 Å². The topological polar surface area (TPSA) is 56.7 Å². The zero-order chi connectivity index (χ0) is 7.56. The molecule has 5 heteroatoms. The third-order valence-corrected chi connectivity index (χ3v) is 1.26. The fourth-order valence-corrected chi connectivity index (χ4v) is 0.653. The first-order valence-electron chi connectivity index (χ1n) is 2.93. The number of aromatic nitrogens is 3. The third kappa shape index (κ3) is 1.30. The maximum atomic E-state index is 5.27. The summed E-state index contributed by atoms with van der Waals surface area (Å²) in [4.78, 5) is 4.11. The van der Waals surface area contributed by atoms with Crippen molar-refractivity contribution in [1.82, 2.24) is 14.8 Å². The molecule has 54 valence electrons. The molecular formula is C5H8N4S. The minimum absolute atomic E-state index is 0.243. The Hall–Kier alpha value is -0.970. The molecule has 0 unspecified atom stereocenters. The molecule has 1 rings (SSSR count). The van der Waals surface area contributed by atoms with Gasteiger partial charge < -0.3 is 5.73 Å². The number of nitrogens with two attached hydrogens (primary N) is 1. The fourth-order valence-electron chi connectivity index (χ4n) is 0.560. The highest BCUT2D eigenvalue weighted by Gasteiger charge is 2.00. The first-order chi connectivity index (χ1) is 4.74. The maximum absolute atomic E-state index is 5.27. The lowest BCUT2D eigenvalue weighted by Gasteiger charge is -1.89. The summed E-state index contributed by atoms with van der Waals surface area (Å²) < 4.78 is 1.68. The van der Waals surface area contributed by atoms with E-state index in [4.69, 9.17) is 5.73 Å². The van der Waals surface area contributed by atoms with Gasteiger partial charge in [0.1, 0.15) is 11.3 Å². The van der Waals surface area contributed by atoms with Crippen LogP contribution in [0.25, 0.3) is 0 Å². The molecular weight excluding hydrogens is 148 g/mol. The van der Waals surface area contributed by atoms with Crippen LogP contribution >= 0.6 is 12.2 Å². The first kappa shape index (κ1) is 7.14. The predicted octanol–water partition coefficient (Wildman–Crippen LogP) is -0.0678. The van der Waals surface area contributed by atoms with Crippen LogP contribution in [0.3, 0.4) is 0 Å². The first-order valence-corrected chi connectivity index (χ1v) is 3.34. The second-order valence-corrected chi connectivity index (χ2v) is 2.23. The Morgan fingerprint density at radius 2 is 2.60 bits per heavy atom. The minimum atomic E-state index is 0.243. The molecule has 0 fully saturated rings. The molecule has 0 bridgehead atoms. The molecule has 1 heterocycles. The van der Waals surface area contributed by atoms with Crippen molar-refractivity contribution in [2.45, 2.75) is 13.5 Å². The Balaban J connectivity index is 2.88. The van der Waals surface area contributed by atoms with Gasteiger partial charge in [0, 0.05) is 6.54 Å². The Morgan fingerprint density at radius 3 is 2.90 bits per heavy atom. The summed E-state index contributed by atoms with van der Waals surface area (Å²) in [5.74, 6) is 0.442. The lowest BCUT2D eigenvalue weighted by Crippen LogP contribution is -2.12. The normalized spacial score (nSPS) is 9.70. The molecule has 0 aromatic carbocycles. The lowest BCUT2D eigenvalue weighted by atomic mass is 10.6. The number of rotatable bonds is 2. The van der Waals surface area contributed by atoms with Crippen molar-refractivity contribution < 1.29 is 0 Å². The van der Waals surface area contributed by atoms with Crippen molar-refractivity contribution in [3.8, 4) is 0 Å². The molecule has 0 aliphatic heterocycles. The summed E-state index contributed by atoms with van der Waals surface area (Å²) >= 11 is 4.66. The van der Waals surface area contributed by atoms with E-state index < -0.39 is 0 Å². The maximum Gasteiger partial charge on any atom is 0.208 e. The number of hydrogen-bond donors (Lipinski definition) is 1. The summed E-state index contributed by atoms with van der Waals surface area (Å²) in [5.41, 5.74) is 5.27. The van der Waals surface area contributed by atoms with Gasteiger partial charge in [-0.3, -0.25) is 4.68 Å². The standard InChI is InChI=1S/C5H8N4S/c1-2-9-3-7-5(8-9)4(6)10/h3H,2H2,1H3,(H2,6,10). The summed E-state index contributed by atoms with van der Waals surface area (Å²) in [7, 11) is 0. The van der Waals surface area contributed by atoms with Crippen LogP contribution in [0.15, 0.2) is 6.33 Å². The highest BCUT2D eigenvalue weighted by Crippen LogP contribution is 1.88. The lowest BCUT2D eigenvalue weighted by molar-refractivity contribution is 0.656. The van der Waals surface area contributed by atoms with Crippen molar-refractivity contribution in [1.29, 1.82) is 0 Å². The second kappa shape index (κ2) is 2.74. The van der Waals surface area contributed by atoms with Gasteiger partial charge in [0.15, 0.2) is 0 Å². The van der Waals surface area contributed by atoms with Crippen LogP contribution in [-0.4, -0.2) is 19.8 Å². The Bertz CT molecular complexity index is 242. The van der Waals surface area contributed by atoms with Crippen molar-refractivity contribution in [3.63, 3.8) is 0 Å². The molecule has 0 saturated carbocycles. The quantitative estimate of drug-likeness (QED) is 0.609. The summed E-state index contributed by atoms with van der Waals surface area (Å²) in [6, 6.07) is 0. The molecule has 0 aliphatic rings. The molecule has 1 aromatic rings. The smallest absolute Gasteiger partial charge is 0.208 e. The van der Waals surface area contributed by atoms with Gasteiger partial charge in [0.25, 0.3) is 0 Å². The van der Waals surface area contributed by atoms with Crippen molar-refractivity contribution >= 4 is 17.2 Å². The Morgan fingerprint density at radius 1 is 1.90 bits per heavy atom. The van der Waals surface area contributed by atoms with Gasteiger partial charge in [0.2, 0.25) is 5.82 Å². The van der Waals surface area contributed by atoms with Crippen LogP contribution < -0.4 is 5.73 Å². The van der Waals surface area contributed by atoms with Crippen LogP contribution in [0.2, 0.25) is 0 Å². The van der Waals surface area contributed by atoms with E-state index >= 15 is 0 Å². The largest absolute Gasteiger partial charge is 0.387 e. The molecule has 0 saturated heterocycles. The number of thiocarbonyl (C=S) groups is 1. The highest BCUT2D eigenvalue weighted by molar-refractivity contribution is 7.80. The molecule has 1 aromatic heterocycles. The van der Waals surface area contributed by atoms with Gasteiger partial charge in [-0.25, -0.2) is 4.98 Å². The zero-order valence-electron chi connectivity index (χ0n) is 5.61. The molecule has 0 amide bonds. The van der Waals surface area contributed by atoms with E-state index in [1.807, 2.05) is 6.92 Å². The van der Waals surface area contributed by atoms with Crippen molar-refractivity contribution in [2.75, 3.05) is 0 Å². The van der Waals surface area contributed by atoms with E-state index in [9.17, 15) is 0 Å². The Kier molecular flexibility index (Phi) is 1.96. The zero-order valence-corrected chi connectivity index (χ0v) is 6.43. The molecule has 0 radical (unpaired) electrons. The van der Waals surface area contributed by atoms with Crippen LogP contribution in [0.5, 0.6) is 0 Å². The van der Waals surface area contributed by atoms with Crippen molar-refractivity contribution in [3.05, 3.63) is 12.2 Å². The van der Waals surface area contributed by atoms with Gasteiger partial charge >= 0.3 is 0 Å². The SMILES string of the molecule is CCn1cnc(C(N)=S)n1. The molecule has 0 spiro atoms. The molecule has 2 N–H and O–H groups in total. The van der Waals surface area contributed by atoms with E-state index in [0.717, 1.165) is 6.54 Å². The third-order valence-electron chi connectivity index (χ3n) is 1.08. The van der Waals surface area contributed by atoms with Crippen molar-refractivity contribution in [2.24, 2.45) is 5.73 Å². The minimum Gasteiger partial charge on any atom is -0.387 e. The molecule has 10 heavy (non-hydrogen) atoms. The molecule has 0 aliphatic carbocycles. The van der Waals surface area contributed by atoms with Crippen LogP contribution in [0.4, 0.5) is 0 Å². The Labute approximate surface area is 64.1 Å². The number of aryl methyl sites for hydroxylation is 1. The summed E-state index contributed by atoms with van der Waals surface area (Å²) in [5, 5.41) is 3.97. The predicted molar refractivity (Wildman–Crippen MR) is 41.6 cm³/mol. The van der Waals surface area contributed by atoms with Gasteiger partial charge in [-0.2, -0.15) is 0 Å². The number of nitrogens with zero attached hydrogens (tertiary/aromatic N) is 3. The second-order valence-electron chi connectivity index (χ2n) is 1.79. The average Bonchev–Trinajstić information content (AvgIpc) is 2.34. The van der Waals surface area contributed by atoms with E-state index in [-0.39, 0.29) is 4.99 Å². The average molecular weight is 156 g/mol. The fraction of sp³-hybridized carbons (Fsp3) is 0.400. The van der Waals surface area contributed by atoms with Gasteiger partial charge in [-0.1, -0.05) is 12.2 Å². The van der Waals surface area contributed by atoms with Gasteiger partial charge in [-0.05, 0) is 6.92 Å². The van der Waals surface area contributed by atoms with Crippen LogP contribution in [-0.2, 0) is 6.54 Å². The van der Waals surface area contributed by atoms with E-state index in [0.29, 0.717) is 5.82 Å². The van der Waals surface area contributed by atoms with E-state index in [1.165, 1.54) is 0 Å². The molecule has 0 atom stereocenters. The van der Waals surface area contributed by atoms with Gasteiger partial charge in [0.05, 0.1) is 0 Å². The van der Waals surface area contributed by atoms with Crippen LogP contribution in [0.1, 0.15) is 12.7 Å². The van der Waals surface area contributed by atoms with Gasteiger partial charge in [-0.15, -0.1) is 5.10 Å². The summed E-state index contributed by atoms with van der Waals surface area (Å²) in [6.45, 7) is 2.76. The van der Waals surface area contributed by atoms with E-state index in [1.54, 1.807) is 11.0 Å². The van der Waals surface area contributed by atoms with Crippen LogP contribution in [0, 0.1) is 0 Å². The monoisotopic (exact) mass is 156 g/mol. The number of hydrogen-bond acceptors (Lipinski definition) is 3. The summed E-state index contributed by atoms with van der Waals surface area (Å²) in [6.07, 6.45) is 1.61. The molecule has 4 nitrogen and oxygen atoms in total.